The fourth-order valence-electron chi connectivity index (χ4n) is 1.39. The molecule has 0 bridgehead atoms. The number of alkyl halides is 2. The van der Waals surface area contributed by atoms with Crippen molar-refractivity contribution < 1.29 is 8.78 Å². The van der Waals surface area contributed by atoms with Gasteiger partial charge in [0.15, 0.2) is 0 Å². The van der Waals surface area contributed by atoms with E-state index in [4.69, 9.17) is 0 Å². The van der Waals surface area contributed by atoms with Gasteiger partial charge in [-0.2, -0.15) is 13.9 Å². The van der Waals surface area contributed by atoms with Gasteiger partial charge in [0.2, 0.25) is 0 Å². The topological polar surface area (TPSA) is 33.1 Å². The lowest BCUT2D eigenvalue weighted by atomic mass is 10.3. The highest BCUT2D eigenvalue weighted by Crippen LogP contribution is 2.11. The summed E-state index contributed by atoms with van der Waals surface area (Å²) in [7, 11) is 4.01. The molecule has 0 fully saturated rings. The SMILES string of the molecule is CN(C)CCCNCc1ccnn1C(F)F.Cl.Cl. The van der Waals surface area contributed by atoms with E-state index in [1.165, 1.54) is 6.20 Å². The summed E-state index contributed by atoms with van der Waals surface area (Å²) in [6, 6.07) is 1.60. The van der Waals surface area contributed by atoms with Gasteiger partial charge in [-0.1, -0.05) is 0 Å². The van der Waals surface area contributed by atoms with Crippen molar-refractivity contribution in [2.75, 3.05) is 27.2 Å². The van der Waals surface area contributed by atoms with Crippen molar-refractivity contribution in [3.05, 3.63) is 18.0 Å². The summed E-state index contributed by atoms with van der Waals surface area (Å²) in [5.74, 6) is 0. The van der Waals surface area contributed by atoms with Crippen molar-refractivity contribution in [1.29, 1.82) is 0 Å². The maximum Gasteiger partial charge on any atom is 0.333 e. The summed E-state index contributed by atoms with van der Waals surface area (Å²) >= 11 is 0. The maximum absolute atomic E-state index is 12.4. The Balaban J connectivity index is 0. The second-order valence-corrected chi connectivity index (χ2v) is 3.88. The maximum atomic E-state index is 12.4. The van der Waals surface area contributed by atoms with Gasteiger partial charge < -0.3 is 10.2 Å². The van der Waals surface area contributed by atoms with Gasteiger partial charge in [-0.15, -0.1) is 24.8 Å². The van der Waals surface area contributed by atoms with Crippen LogP contribution in [0.1, 0.15) is 18.7 Å². The summed E-state index contributed by atoms with van der Waals surface area (Å²) in [6.45, 7) is -0.334. The zero-order valence-corrected chi connectivity index (χ0v) is 12.1. The summed E-state index contributed by atoms with van der Waals surface area (Å²) in [5.41, 5.74) is 0.514. The highest BCUT2D eigenvalue weighted by Gasteiger charge is 2.10. The monoisotopic (exact) mass is 304 g/mol. The van der Waals surface area contributed by atoms with E-state index in [1.54, 1.807) is 6.07 Å². The molecular weight excluding hydrogens is 285 g/mol. The van der Waals surface area contributed by atoms with Gasteiger partial charge in [-0.05, 0) is 39.7 Å². The molecule has 1 heterocycles. The Bertz CT molecular complexity index is 308. The lowest BCUT2D eigenvalue weighted by Gasteiger charge is -2.10. The van der Waals surface area contributed by atoms with E-state index < -0.39 is 6.55 Å². The van der Waals surface area contributed by atoms with Crippen LogP contribution in [0.25, 0.3) is 0 Å². The molecule has 0 amide bonds. The van der Waals surface area contributed by atoms with Gasteiger partial charge >= 0.3 is 6.55 Å². The fourth-order valence-corrected chi connectivity index (χ4v) is 1.39. The van der Waals surface area contributed by atoms with Crippen LogP contribution in [0.3, 0.4) is 0 Å². The molecule has 0 aliphatic rings. The normalized spacial score (nSPS) is 10.3. The second kappa shape index (κ2) is 10.5. The van der Waals surface area contributed by atoms with Crippen molar-refractivity contribution in [1.82, 2.24) is 20.0 Å². The van der Waals surface area contributed by atoms with Gasteiger partial charge in [0.05, 0.1) is 5.69 Å². The standard InChI is InChI=1S/C10H18F2N4.2ClH/c1-15(2)7-3-5-13-8-9-4-6-14-16(9)10(11)12;;/h4,6,10,13H,3,5,7-8H2,1-2H3;2*1H. The molecule has 0 radical (unpaired) electrons. The number of hydrogen-bond acceptors (Lipinski definition) is 3. The molecule has 4 nitrogen and oxygen atoms in total. The quantitative estimate of drug-likeness (QED) is 0.784. The van der Waals surface area contributed by atoms with E-state index in [-0.39, 0.29) is 24.8 Å². The van der Waals surface area contributed by atoms with E-state index in [2.05, 4.69) is 15.3 Å². The number of nitrogens with zero attached hydrogens (tertiary/aromatic N) is 3. The number of rotatable bonds is 7. The van der Waals surface area contributed by atoms with Crippen LogP contribution in [0.4, 0.5) is 8.78 Å². The Morgan fingerprint density at radius 1 is 1.39 bits per heavy atom. The minimum atomic E-state index is -2.56. The molecule has 0 aromatic carbocycles. The van der Waals surface area contributed by atoms with Crippen LogP contribution in [0, 0.1) is 0 Å². The summed E-state index contributed by atoms with van der Waals surface area (Å²) in [6.07, 6.45) is 2.39. The van der Waals surface area contributed by atoms with Crippen LogP contribution < -0.4 is 5.32 Å². The van der Waals surface area contributed by atoms with Gasteiger partial charge in [-0.3, -0.25) is 0 Å². The van der Waals surface area contributed by atoms with Gasteiger partial charge in [-0.25, -0.2) is 4.68 Å². The second-order valence-electron chi connectivity index (χ2n) is 3.88. The van der Waals surface area contributed by atoms with Crippen molar-refractivity contribution in [2.24, 2.45) is 0 Å². The average Bonchev–Trinajstić information content (AvgIpc) is 2.65. The minimum absolute atomic E-state index is 0. The molecule has 0 unspecified atom stereocenters. The Morgan fingerprint density at radius 2 is 2.06 bits per heavy atom. The molecule has 108 valence electrons. The first kappa shape index (κ1) is 19.9. The predicted molar refractivity (Wildman–Crippen MR) is 72.9 cm³/mol. The molecule has 18 heavy (non-hydrogen) atoms. The van der Waals surface area contributed by atoms with Gasteiger partial charge in [0.1, 0.15) is 0 Å². The molecule has 0 aliphatic carbocycles. The molecule has 0 atom stereocenters. The molecule has 1 N–H and O–H groups in total. The fraction of sp³-hybridized carbons (Fsp3) is 0.700. The van der Waals surface area contributed by atoms with Crippen LogP contribution in [0.5, 0.6) is 0 Å². The Kier molecular flexibility index (Phi) is 11.6. The summed E-state index contributed by atoms with van der Waals surface area (Å²) in [4.78, 5) is 2.09. The lowest BCUT2D eigenvalue weighted by Crippen LogP contribution is -2.22. The van der Waals surface area contributed by atoms with E-state index in [9.17, 15) is 8.78 Å². The molecule has 0 aliphatic heterocycles. The van der Waals surface area contributed by atoms with Gasteiger partial charge in [0, 0.05) is 12.7 Å². The summed E-state index contributed by atoms with van der Waals surface area (Å²) in [5, 5.41) is 6.68. The van der Waals surface area contributed by atoms with Crippen molar-refractivity contribution in [3.63, 3.8) is 0 Å². The smallest absolute Gasteiger partial charge is 0.311 e. The lowest BCUT2D eigenvalue weighted by molar-refractivity contribution is 0.0531. The highest BCUT2D eigenvalue weighted by atomic mass is 35.5. The first-order chi connectivity index (χ1) is 7.61. The Hall–Kier alpha value is -0.430. The van der Waals surface area contributed by atoms with E-state index in [0.717, 1.165) is 24.2 Å². The van der Waals surface area contributed by atoms with Crippen molar-refractivity contribution in [2.45, 2.75) is 19.5 Å². The number of hydrogen-bond donors (Lipinski definition) is 1. The number of nitrogens with one attached hydrogen (secondary N) is 1. The van der Waals surface area contributed by atoms with Crippen LogP contribution in [0.2, 0.25) is 0 Å². The third kappa shape index (κ3) is 7.10. The highest BCUT2D eigenvalue weighted by molar-refractivity contribution is 5.85. The van der Waals surface area contributed by atoms with Crippen molar-refractivity contribution in [3.8, 4) is 0 Å². The predicted octanol–water partition coefficient (Wildman–Crippen LogP) is 2.16. The molecule has 0 spiro atoms. The third-order valence-electron chi connectivity index (χ3n) is 2.20. The minimum Gasteiger partial charge on any atom is -0.311 e. The Labute approximate surface area is 119 Å². The van der Waals surface area contributed by atoms with Crippen LogP contribution in [-0.2, 0) is 6.54 Å². The molecule has 1 aromatic heterocycles. The van der Waals surface area contributed by atoms with E-state index in [0.29, 0.717) is 12.2 Å². The van der Waals surface area contributed by atoms with Crippen LogP contribution >= 0.6 is 24.8 Å². The van der Waals surface area contributed by atoms with Crippen molar-refractivity contribution >= 4 is 24.8 Å². The molecule has 1 aromatic rings. The Morgan fingerprint density at radius 3 is 2.61 bits per heavy atom. The number of aromatic nitrogens is 2. The zero-order chi connectivity index (χ0) is 12.0. The zero-order valence-electron chi connectivity index (χ0n) is 10.5. The van der Waals surface area contributed by atoms with Gasteiger partial charge in [0.25, 0.3) is 0 Å². The van der Waals surface area contributed by atoms with E-state index >= 15 is 0 Å². The largest absolute Gasteiger partial charge is 0.333 e. The first-order valence-corrected chi connectivity index (χ1v) is 5.27. The molecule has 1 rings (SSSR count). The molecule has 0 saturated heterocycles. The molecular formula is C10H20Cl2F2N4. The average molecular weight is 305 g/mol. The first-order valence-electron chi connectivity index (χ1n) is 5.27. The summed E-state index contributed by atoms with van der Waals surface area (Å²) < 4.78 is 25.6. The van der Waals surface area contributed by atoms with Crippen LogP contribution in [0.15, 0.2) is 12.3 Å². The molecule has 0 saturated carbocycles. The van der Waals surface area contributed by atoms with Crippen LogP contribution in [-0.4, -0.2) is 41.9 Å². The third-order valence-corrected chi connectivity index (χ3v) is 2.20. The molecule has 8 heteroatoms. The number of halogens is 4. The van der Waals surface area contributed by atoms with E-state index in [1.807, 2.05) is 14.1 Å².